The van der Waals surface area contributed by atoms with Gasteiger partial charge in [0, 0.05) is 17.3 Å². The van der Waals surface area contributed by atoms with E-state index in [0.29, 0.717) is 16.5 Å². The largest absolute Gasteiger partial charge is 0.482 e. The molecule has 1 amide bonds. The lowest BCUT2D eigenvalue weighted by Crippen LogP contribution is -2.36. The van der Waals surface area contributed by atoms with E-state index in [9.17, 15) is 9.59 Å². The van der Waals surface area contributed by atoms with Crippen LogP contribution in [0.5, 0.6) is 5.75 Å². The van der Waals surface area contributed by atoms with Crippen LogP contribution >= 0.6 is 11.6 Å². The van der Waals surface area contributed by atoms with Gasteiger partial charge in [0.2, 0.25) is 0 Å². The number of esters is 1. The van der Waals surface area contributed by atoms with Crippen LogP contribution in [0.4, 0.5) is 5.69 Å². The summed E-state index contributed by atoms with van der Waals surface area (Å²) in [6.07, 6.45) is 0.173. The van der Waals surface area contributed by atoms with Crippen LogP contribution in [0.15, 0.2) is 54.6 Å². The summed E-state index contributed by atoms with van der Waals surface area (Å²) in [5, 5.41) is 9.25. The molecule has 0 bridgehead atoms. The summed E-state index contributed by atoms with van der Waals surface area (Å²) < 4.78 is 10.2. The van der Waals surface area contributed by atoms with Gasteiger partial charge in [0.1, 0.15) is 5.75 Å². The van der Waals surface area contributed by atoms with Gasteiger partial charge in [0.05, 0.1) is 12.5 Å². The molecule has 0 aliphatic heterocycles. The van der Waals surface area contributed by atoms with E-state index >= 15 is 0 Å². The molecule has 0 aromatic heterocycles. The predicted molar refractivity (Wildman–Crippen MR) is 96.9 cm³/mol. The zero-order chi connectivity index (χ0) is 18.8. The number of carbonyl (C=O) groups excluding carboxylic acids is 2. The van der Waals surface area contributed by atoms with Gasteiger partial charge in [0.15, 0.2) is 13.2 Å². The lowest BCUT2D eigenvalue weighted by molar-refractivity contribution is -0.149. The Bertz CT molecular complexity index is 790. The molecule has 2 aromatic rings. The minimum atomic E-state index is -0.674. The summed E-state index contributed by atoms with van der Waals surface area (Å²) in [6, 6.07) is 17.5. The first kappa shape index (κ1) is 19.3. The van der Waals surface area contributed by atoms with E-state index in [2.05, 4.69) is 0 Å². The topological polar surface area (TPSA) is 79.6 Å². The zero-order valence-electron chi connectivity index (χ0n) is 13.9. The highest BCUT2D eigenvalue weighted by molar-refractivity contribution is 6.30. The molecule has 0 radical (unpaired) electrons. The Kier molecular flexibility index (Phi) is 7.47. The second-order valence-corrected chi connectivity index (χ2v) is 5.63. The molecule has 2 aromatic carbocycles. The third-order valence-electron chi connectivity index (χ3n) is 3.33. The number of benzene rings is 2. The molecular weight excluding hydrogens is 356 g/mol. The van der Waals surface area contributed by atoms with Crippen LogP contribution in [-0.2, 0) is 14.3 Å². The number of rotatable bonds is 8. The first-order valence-electron chi connectivity index (χ1n) is 7.86. The minimum absolute atomic E-state index is 0.173. The Hall–Kier alpha value is -3.04. The molecule has 0 aliphatic carbocycles. The van der Waals surface area contributed by atoms with Gasteiger partial charge in [-0.05, 0) is 30.3 Å². The maximum absolute atomic E-state index is 12.4. The van der Waals surface area contributed by atoms with Crippen LogP contribution < -0.4 is 9.64 Å². The number of anilines is 1. The molecule has 0 unspecified atom stereocenters. The number of halogens is 1. The van der Waals surface area contributed by atoms with Crippen LogP contribution in [0, 0.1) is 11.3 Å². The van der Waals surface area contributed by atoms with Gasteiger partial charge in [-0.15, -0.1) is 0 Å². The highest BCUT2D eigenvalue weighted by Gasteiger charge is 2.17. The van der Waals surface area contributed by atoms with Crippen LogP contribution in [0.3, 0.4) is 0 Å². The molecule has 7 heteroatoms. The first-order valence-corrected chi connectivity index (χ1v) is 8.24. The zero-order valence-corrected chi connectivity index (χ0v) is 14.7. The number of amides is 1. The smallest absolute Gasteiger partial charge is 0.344 e. The van der Waals surface area contributed by atoms with Crippen molar-refractivity contribution in [2.75, 3.05) is 24.7 Å². The maximum Gasteiger partial charge on any atom is 0.344 e. The molecule has 6 nitrogen and oxygen atoms in total. The van der Waals surface area contributed by atoms with Crippen molar-refractivity contribution in [1.82, 2.24) is 0 Å². The Morgan fingerprint density at radius 2 is 1.85 bits per heavy atom. The van der Waals surface area contributed by atoms with Crippen molar-refractivity contribution in [3.63, 3.8) is 0 Å². The highest BCUT2D eigenvalue weighted by Crippen LogP contribution is 2.17. The van der Waals surface area contributed by atoms with Gasteiger partial charge >= 0.3 is 5.97 Å². The van der Waals surface area contributed by atoms with Crippen molar-refractivity contribution in [2.24, 2.45) is 0 Å². The van der Waals surface area contributed by atoms with E-state index in [1.165, 1.54) is 4.90 Å². The molecule has 0 saturated carbocycles. The molecule has 0 atom stereocenters. The van der Waals surface area contributed by atoms with Crippen LogP contribution in [0.25, 0.3) is 0 Å². The molecule has 0 spiro atoms. The number of nitrogens with zero attached hydrogens (tertiary/aromatic N) is 2. The lowest BCUT2D eigenvalue weighted by Gasteiger charge is -2.21. The molecule has 0 fully saturated rings. The number of nitriles is 1. The summed E-state index contributed by atoms with van der Waals surface area (Å²) in [6.45, 7) is -0.550. The standard InChI is InChI=1S/C19H17ClN2O4/c20-15-6-4-9-17(12-15)25-14-19(24)26-13-18(23)22(11-5-10-21)16-7-2-1-3-8-16/h1-4,6-9,12H,5,11,13-14H2. The summed E-state index contributed by atoms with van der Waals surface area (Å²) in [5.41, 5.74) is 0.638. The van der Waals surface area contributed by atoms with E-state index in [-0.39, 0.29) is 19.6 Å². The highest BCUT2D eigenvalue weighted by atomic mass is 35.5. The van der Waals surface area contributed by atoms with Crippen LogP contribution in [-0.4, -0.2) is 31.6 Å². The second-order valence-electron chi connectivity index (χ2n) is 5.20. The van der Waals surface area contributed by atoms with E-state index in [0.717, 1.165) is 0 Å². The Morgan fingerprint density at radius 3 is 2.54 bits per heavy atom. The van der Waals surface area contributed by atoms with E-state index in [1.807, 2.05) is 12.1 Å². The van der Waals surface area contributed by atoms with Crippen LogP contribution in [0.2, 0.25) is 5.02 Å². The molecule has 0 N–H and O–H groups in total. The maximum atomic E-state index is 12.4. The van der Waals surface area contributed by atoms with Crippen molar-refractivity contribution in [3.8, 4) is 11.8 Å². The Labute approximate surface area is 156 Å². The second kappa shape index (κ2) is 10.1. The van der Waals surface area contributed by atoms with Crippen molar-refractivity contribution in [2.45, 2.75) is 6.42 Å². The molecule has 2 rings (SSSR count). The average Bonchev–Trinajstić information content (AvgIpc) is 2.66. The summed E-state index contributed by atoms with van der Waals surface area (Å²) in [4.78, 5) is 25.5. The molecule has 0 heterocycles. The first-order chi connectivity index (χ1) is 12.6. The monoisotopic (exact) mass is 372 g/mol. The number of carbonyl (C=O) groups is 2. The fourth-order valence-electron chi connectivity index (χ4n) is 2.13. The van der Waals surface area contributed by atoms with E-state index in [4.69, 9.17) is 26.3 Å². The summed E-state index contributed by atoms with van der Waals surface area (Å²) >= 11 is 5.83. The Balaban J connectivity index is 1.86. The van der Waals surface area contributed by atoms with Gasteiger partial charge in [-0.1, -0.05) is 35.9 Å². The molecule has 0 aliphatic rings. The number of hydrogen-bond acceptors (Lipinski definition) is 5. The summed E-state index contributed by atoms with van der Waals surface area (Å²) in [5.74, 6) is -0.658. The molecule has 26 heavy (non-hydrogen) atoms. The third kappa shape index (κ3) is 6.11. The van der Waals surface area contributed by atoms with Crippen molar-refractivity contribution in [3.05, 3.63) is 59.6 Å². The Morgan fingerprint density at radius 1 is 1.08 bits per heavy atom. The van der Waals surface area contributed by atoms with Gasteiger partial charge in [-0.25, -0.2) is 4.79 Å². The van der Waals surface area contributed by atoms with Gasteiger partial charge in [0.25, 0.3) is 5.91 Å². The van der Waals surface area contributed by atoms with Crippen molar-refractivity contribution >= 4 is 29.2 Å². The normalized spacial score (nSPS) is 9.85. The molecular formula is C19H17ClN2O4. The van der Waals surface area contributed by atoms with Gasteiger partial charge in [-0.3, -0.25) is 4.79 Å². The predicted octanol–water partition coefficient (Wildman–Crippen LogP) is 3.21. The lowest BCUT2D eigenvalue weighted by atomic mass is 10.2. The minimum Gasteiger partial charge on any atom is -0.482 e. The SMILES string of the molecule is N#CCCN(C(=O)COC(=O)COc1cccc(Cl)c1)c1ccccc1. The number of hydrogen-bond donors (Lipinski definition) is 0. The summed E-state index contributed by atoms with van der Waals surface area (Å²) in [7, 11) is 0. The number of ether oxygens (including phenoxy) is 2. The molecule has 134 valence electrons. The van der Waals surface area contributed by atoms with Gasteiger partial charge < -0.3 is 14.4 Å². The van der Waals surface area contributed by atoms with Crippen LogP contribution in [0.1, 0.15) is 6.42 Å². The quantitative estimate of drug-likeness (QED) is 0.665. The van der Waals surface area contributed by atoms with E-state index < -0.39 is 18.5 Å². The van der Waals surface area contributed by atoms with Gasteiger partial charge in [-0.2, -0.15) is 5.26 Å². The van der Waals surface area contributed by atoms with E-state index in [1.54, 1.807) is 48.5 Å². The fourth-order valence-corrected chi connectivity index (χ4v) is 2.31. The number of para-hydroxylation sites is 1. The van der Waals surface area contributed by atoms with Crippen molar-refractivity contribution < 1.29 is 19.1 Å². The average molecular weight is 373 g/mol. The third-order valence-corrected chi connectivity index (χ3v) is 3.56. The molecule has 0 saturated heterocycles. The van der Waals surface area contributed by atoms with Crippen molar-refractivity contribution in [1.29, 1.82) is 5.26 Å². The fraction of sp³-hybridized carbons (Fsp3) is 0.211.